The van der Waals surface area contributed by atoms with Gasteiger partial charge in [0.2, 0.25) is 0 Å². The smallest absolute Gasteiger partial charge is 0.0994 e. The summed E-state index contributed by atoms with van der Waals surface area (Å²) >= 11 is 0. The van der Waals surface area contributed by atoms with Gasteiger partial charge >= 0.3 is 0 Å². The molecule has 3 nitrogen and oxygen atoms in total. The van der Waals surface area contributed by atoms with Crippen LogP contribution in [0.5, 0.6) is 0 Å². The molecule has 0 radical (unpaired) electrons. The van der Waals surface area contributed by atoms with Gasteiger partial charge in [-0.3, -0.25) is 0 Å². The lowest BCUT2D eigenvalue weighted by molar-refractivity contribution is 0.856. The third kappa shape index (κ3) is 2.56. The van der Waals surface area contributed by atoms with Crippen molar-refractivity contribution in [2.24, 2.45) is 5.73 Å². The molecule has 0 atom stereocenters. The van der Waals surface area contributed by atoms with Crippen molar-refractivity contribution >= 4 is 0 Å². The highest BCUT2D eigenvalue weighted by molar-refractivity contribution is 5.37. The Bertz CT molecular complexity index is 468. The summed E-state index contributed by atoms with van der Waals surface area (Å²) < 4.78 is 2.09. The van der Waals surface area contributed by atoms with E-state index in [1.54, 1.807) is 0 Å². The molecule has 0 aliphatic rings. The van der Waals surface area contributed by atoms with Gasteiger partial charge in [-0.25, -0.2) is 4.98 Å². The average Bonchev–Trinajstić information content (AvgIpc) is 2.78. The van der Waals surface area contributed by atoms with Crippen LogP contribution in [0.4, 0.5) is 0 Å². The van der Waals surface area contributed by atoms with Gasteiger partial charge in [0.1, 0.15) is 0 Å². The minimum absolute atomic E-state index is 0.565. The van der Waals surface area contributed by atoms with E-state index in [9.17, 15) is 0 Å². The number of rotatable bonds is 4. The van der Waals surface area contributed by atoms with E-state index in [1.807, 2.05) is 12.5 Å². The first-order chi connectivity index (χ1) is 8.22. The van der Waals surface area contributed by atoms with Crippen molar-refractivity contribution in [2.45, 2.75) is 26.2 Å². The first-order valence-electron chi connectivity index (χ1n) is 6.04. The normalized spacial score (nSPS) is 11.1. The molecule has 90 valence electrons. The lowest BCUT2D eigenvalue weighted by atomic mass is 10.0. The molecule has 17 heavy (non-hydrogen) atoms. The SMILES string of the molecule is CC(C)c1ccc(-n2cncc2CCN)cc1. The Balaban J connectivity index is 2.30. The Morgan fingerprint density at radius 1 is 1.24 bits per heavy atom. The van der Waals surface area contributed by atoms with E-state index < -0.39 is 0 Å². The van der Waals surface area contributed by atoms with Crippen molar-refractivity contribution in [3.05, 3.63) is 48.0 Å². The molecule has 2 rings (SSSR count). The summed E-state index contributed by atoms with van der Waals surface area (Å²) in [5, 5.41) is 0. The number of nitrogens with zero attached hydrogens (tertiary/aromatic N) is 2. The molecule has 0 fully saturated rings. The van der Waals surface area contributed by atoms with E-state index in [-0.39, 0.29) is 0 Å². The molecule has 1 heterocycles. The molecule has 0 aliphatic heterocycles. The first-order valence-corrected chi connectivity index (χ1v) is 6.04. The van der Waals surface area contributed by atoms with Crippen LogP contribution in [0.3, 0.4) is 0 Å². The van der Waals surface area contributed by atoms with E-state index in [2.05, 4.69) is 47.7 Å². The van der Waals surface area contributed by atoms with Crippen molar-refractivity contribution in [3.8, 4) is 5.69 Å². The molecule has 0 amide bonds. The number of hydrogen-bond acceptors (Lipinski definition) is 2. The molecule has 0 bridgehead atoms. The maximum absolute atomic E-state index is 5.59. The fourth-order valence-electron chi connectivity index (χ4n) is 1.91. The van der Waals surface area contributed by atoms with Crippen LogP contribution in [0.25, 0.3) is 5.69 Å². The third-order valence-corrected chi connectivity index (χ3v) is 2.95. The van der Waals surface area contributed by atoms with E-state index in [0.717, 1.165) is 17.8 Å². The molecule has 1 aromatic heterocycles. The molecule has 0 unspecified atom stereocenters. The van der Waals surface area contributed by atoms with Gasteiger partial charge in [-0.2, -0.15) is 0 Å². The monoisotopic (exact) mass is 229 g/mol. The summed E-state index contributed by atoms with van der Waals surface area (Å²) in [6.45, 7) is 5.05. The van der Waals surface area contributed by atoms with Crippen LogP contribution in [-0.2, 0) is 6.42 Å². The average molecular weight is 229 g/mol. The maximum Gasteiger partial charge on any atom is 0.0994 e. The van der Waals surface area contributed by atoms with Gasteiger partial charge in [0.15, 0.2) is 0 Å². The Labute approximate surface area is 102 Å². The standard InChI is InChI=1S/C14H19N3/c1-11(2)12-3-5-13(6-4-12)17-10-16-9-14(17)7-8-15/h3-6,9-11H,7-8,15H2,1-2H3. The molecule has 0 saturated carbocycles. The van der Waals surface area contributed by atoms with Crippen LogP contribution < -0.4 is 5.73 Å². The highest BCUT2D eigenvalue weighted by atomic mass is 15.0. The quantitative estimate of drug-likeness (QED) is 0.875. The highest BCUT2D eigenvalue weighted by Gasteiger charge is 2.04. The minimum atomic E-state index is 0.565. The first kappa shape index (κ1) is 11.9. The molecule has 2 N–H and O–H groups in total. The van der Waals surface area contributed by atoms with Gasteiger partial charge in [-0.05, 0) is 30.2 Å². The molecule has 0 aliphatic carbocycles. The number of aromatic nitrogens is 2. The zero-order valence-electron chi connectivity index (χ0n) is 10.4. The molecule has 2 aromatic rings. The van der Waals surface area contributed by atoms with Crippen LogP contribution >= 0.6 is 0 Å². The number of benzene rings is 1. The van der Waals surface area contributed by atoms with E-state index in [4.69, 9.17) is 5.73 Å². The van der Waals surface area contributed by atoms with Gasteiger partial charge in [0.25, 0.3) is 0 Å². The van der Waals surface area contributed by atoms with Gasteiger partial charge in [0.05, 0.1) is 6.33 Å². The molecule has 0 saturated heterocycles. The molecule has 0 spiro atoms. The number of hydrogen-bond donors (Lipinski definition) is 1. The summed E-state index contributed by atoms with van der Waals surface area (Å²) in [6.07, 6.45) is 4.57. The Hall–Kier alpha value is -1.61. The lowest BCUT2D eigenvalue weighted by Crippen LogP contribution is -2.07. The molecule has 3 heteroatoms. The zero-order valence-corrected chi connectivity index (χ0v) is 10.4. The second-order valence-electron chi connectivity index (χ2n) is 4.54. The third-order valence-electron chi connectivity index (χ3n) is 2.95. The number of nitrogens with two attached hydrogens (primary N) is 1. The summed E-state index contributed by atoms with van der Waals surface area (Å²) in [7, 11) is 0. The van der Waals surface area contributed by atoms with E-state index in [1.165, 1.54) is 5.56 Å². The molecular formula is C14H19N3. The Kier molecular flexibility index (Phi) is 3.59. The predicted molar refractivity (Wildman–Crippen MR) is 70.4 cm³/mol. The van der Waals surface area contributed by atoms with Gasteiger partial charge in [-0.15, -0.1) is 0 Å². The second kappa shape index (κ2) is 5.15. The van der Waals surface area contributed by atoms with Gasteiger partial charge < -0.3 is 10.3 Å². The van der Waals surface area contributed by atoms with Gasteiger partial charge in [0, 0.05) is 24.0 Å². The topological polar surface area (TPSA) is 43.8 Å². The largest absolute Gasteiger partial charge is 0.330 e. The Morgan fingerprint density at radius 2 is 1.94 bits per heavy atom. The van der Waals surface area contributed by atoms with Crippen molar-refractivity contribution in [2.75, 3.05) is 6.54 Å². The maximum atomic E-state index is 5.59. The highest BCUT2D eigenvalue weighted by Crippen LogP contribution is 2.18. The van der Waals surface area contributed by atoms with Crippen LogP contribution in [-0.4, -0.2) is 16.1 Å². The van der Waals surface area contributed by atoms with Crippen molar-refractivity contribution < 1.29 is 0 Å². The van der Waals surface area contributed by atoms with Crippen molar-refractivity contribution in [3.63, 3.8) is 0 Å². The zero-order chi connectivity index (χ0) is 12.3. The van der Waals surface area contributed by atoms with E-state index >= 15 is 0 Å². The molecular weight excluding hydrogens is 210 g/mol. The second-order valence-corrected chi connectivity index (χ2v) is 4.54. The minimum Gasteiger partial charge on any atom is -0.330 e. The number of imidazole rings is 1. The van der Waals surface area contributed by atoms with E-state index in [0.29, 0.717) is 12.5 Å². The summed E-state index contributed by atoms with van der Waals surface area (Å²) in [5.74, 6) is 0.565. The molecule has 1 aromatic carbocycles. The Morgan fingerprint density at radius 3 is 2.53 bits per heavy atom. The summed E-state index contributed by atoms with van der Waals surface area (Å²) in [4.78, 5) is 4.18. The van der Waals surface area contributed by atoms with Crippen molar-refractivity contribution in [1.29, 1.82) is 0 Å². The van der Waals surface area contributed by atoms with Crippen LogP contribution in [0, 0.1) is 0 Å². The summed E-state index contributed by atoms with van der Waals surface area (Å²) in [6, 6.07) is 8.62. The van der Waals surface area contributed by atoms with Gasteiger partial charge in [-0.1, -0.05) is 26.0 Å². The summed E-state index contributed by atoms with van der Waals surface area (Å²) in [5.41, 5.74) is 9.25. The predicted octanol–water partition coefficient (Wildman–Crippen LogP) is 2.50. The van der Waals surface area contributed by atoms with Crippen molar-refractivity contribution in [1.82, 2.24) is 9.55 Å². The fourth-order valence-corrected chi connectivity index (χ4v) is 1.91. The van der Waals surface area contributed by atoms with Crippen LogP contribution in [0.1, 0.15) is 31.0 Å². The lowest BCUT2D eigenvalue weighted by Gasteiger charge is -2.10. The van der Waals surface area contributed by atoms with Crippen LogP contribution in [0.2, 0.25) is 0 Å². The fraction of sp³-hybridized carbons (Fsp3) is 0.357. The van der Waals surface area contributed by atoms with Crippen LogP contribution in [0.15, 0.2) is 36.8 Å².